The van der Waals surface area contributed by atoms with E-state index in [0.29, 0.717) is 22.9 Å². The van der Waals surface area contributed by atoms with Gasteiger partial charge in [0.05, 0.1) is 28.4 Å². The highest BCUT2D eigenvalue weighted by Crippen LogP contribution is 2.41. The number of rotatable bonds is 8. The van der Waals surface area contributed by atoms with Crippen LogP contribution < -0.4 is 4.74 Å². The smallest absolute Gasteiger partial charge is 0.168 e. The molecule has 7 aromatic carbocycles. The molecule has 0 spiro atoms. The van der Waals surface area contributed by atoms with Crippen molar-refractivity contribution >= 4 is 21.8 Å². The predicted molar refractivity (Wildman–Crippen MR) is 231 cm³/mol. The third-order valence-corrected chi connectivity index (χ3v) is 10.5. The largest absolute Gasteiger partial charge is 0.457 e. The first-order valence-electron chi connectivity index (χ1n) is 19.1. The Balaban J connectivity index is 1.16. The topological polar surface area (TPSA) is 81.6 Å². The van der Waals surface area contributed by atoms with E-state index in [4.69, 9.17) is 19.9 Å². The van der Waals surface area contributed by atoms with Crippen LogP contribution in [0.2, 0.25) is 0 Å². The summed E-state index contributed by atoms with van der Waals surface area (Å²) in [6.07, 6.45) is 1.79. The van der Waals surface area contributed by atoms with Crippen LogP contribution in [0.5, 0.6) is 11.5 Å². The van der Waals surface area contributed by atoms with E-state index in [1.54, 1.807) is 6.20 Å². The maximum atomic E-state index is 9.73. The van der Waals surface area contributed by atoms with Gasteiger partial charge in [-0.15, -0.1) is 10.2 Å². The molecule has 274 valence electrons. The second-order valence-electron chi connectivity index (χ2n) is 14.1. The first-order valence-corrected chi connectivity index (χ1v) is 19.1. The summed E-state index contributed by atoms with van der Waals surface area (Å²) in [5.41, 5.74) is 10.7. The van der Waals surface area contributed by atoms with Crippen LogP contribution in [0.4, 0.5) is 0 Å². The second kappa shape index (κ2) is 14.5. The Kier molecular flexibility index (Phi) is 8.62. The van der Waals surface area contributed by atoms with Crippen LogP contribution in [-0.2, 0) is 0 Å². The maximum absolute atomic E-state index is 9.73. The molecule has 10 rings (SSSR count). The molecule has 0 unspecified atom stereocenters. The van der Waals surface area contributed by atoms with Crippen LogP contribution in [0.3, 0.4) is 0 Å². The van der Waals surface area contributed by atoms with Gasteiger partial charge >= 0.3 is 0 Å². The summed E-state index contributed by atoms with van der Waals surface area (Å²) in [5.74, 6) is 3.53. The van der Waals surface area contributed by atoms with E-state index >= 15 is 0 Å². The summed E-state index contributed by atoms with van der Waals surface area (Å²) in [7, 11) is 0. The lowest BCUT2D eigenvalue weighted by Gasteiger charge is -2.20. The molecule has 10 aromatic rings. The number of ether oxygens (including phenoxy) is 1. The summed E-state index contributed by atoms with van der Waals surface area (Å²) in [4.78, 5) is 4.70. The lowest BCUT2D eigenvalue weighted by atomic mass is 9.95. The number of nitriles is 1. The van der Waals surface area contributed by atoms with E-state index in [-0.39, 0.29) is 0 Å². The number of hydrogen-bond acceptors (Lipinski definition) is 5. The van der Waals surface area contributed by atoms with Gasteiger partial charge in [-0.1, -0.05) is 115 Å². The normalized spacial score (nSPS) is 11.2. The van der Waals surface area contributed by atoms with E-state index in [1.807, 2.05) is 91.9 Å². The molecule has 0 saturated heterocycles. The Labute approximate surface area is 335 Å². The number of benzene rings is 7. The van der Waals surface area contributed by atoms with Crippen LogP contribution >= 0.6 is 0 Å². The van der Waals surface area contributed by atoms with Gasteiger partial charge in [0.1, 0.15) is 23.1 Å². The molecular weight excluding hydrogens is 713 g/mol. The molecule has 0 amide bonds. The van der Waals surface area contributed by atoms with E-state index < -0.39 is 0 Å². The highest BCUT2D eigenvalue weighted by molar-refractivity contribution is 6.10. The quantitative estimate of drug-likeness (QED) is 0.155. The molecule has 58 heavy (non-hydrogen) atoms. The Hall–Kier alpha value is -8.08. The fourth-order valence-electron chi connectivity index (χ4n) is 7.89. The SMILES string of the molecule is Cc1nnc(-c2cc(Oc3ccc4c5cc(C#N)ccc5n(-c5ccccn5)c4c3)cc(-c3ccccc3)c2)n1-c1c(-c2ccccc2)cccc1-c1ccccc1. The van der Waals surface area contributed by atoms with Crippen molar-refractivity contribution in [2.75, 3.05) is 0 Å². The average molecular weight is 747 g/mol. The minimum Gasteiger partial charge on any atom is -0.457 e. The van der Waals surface area contributed by atoms with E-state index in [2.05, 4.69) is 112 Å². The van der Waals surface area contributed by atoms with Crippen LogP contribution in [0.25, 0.3) is 78.1 Å². The maximum Gasteiger partial charge on any atom is 0.168 e. The van der Waals surface area contributed by atoms with Gasteiger partial charge in [0.25, 0.3) is 0 Å². The number of para-hydroxylation sites is 1. The highest BCUT2D eigenvalue weighted by Gasteiger charge is 2.22. The number of aromatic nitrogens is 5. The predicted octanol–water partition coefficient (Wildman–Crippen LogP) is 12.4. The molecule has 0 atom stereocenters. The molecule has 0 N–H and O–H groups in total. The first-order chi connectivity index (χ1) is 28.6. The van der Waals surface area contributed by atoms with E-state index in [0.717, 1.165) is 78.1 Å². The molecule has 0 fully saturated rings. The summed E-state index contributed by atoms with van der Waals surface area (Å²) in [6, 6.07) is 63.9. The molecule has 0 aliphatic heterocycles. The zero-order valence-electron chi connectivity index (χ0n) is 31.5. The van der Waals surface area contributed by atoms with Crippen LogP contribution in [-0.4, -0.2) is 24.3 Å². The minimum atomic E-state index is 0.600. The van der Waals surface area contributed by atoms with Gasteiger partial charge in [0.2, 0.25) is 0 Å². The lowest BCUT2D eigenvalue weighted by Crippen LogP contribution is -2.05. The molecule has 3 aromatic heterocycles. The molecule has 0 saturated carbocycles. The third kappa shape index (κ3) is 6.15. The summed E-state index contributed by atoms with van der Waals surface area (Å²) >= 11 is 0. The molecule has 0 aliphatic rings. The molecule has 3 heterocycles. The van der Waals surface area contributed by atoms with Gasteiger partial charge in [-0.3, -0.25) is 9.13 Å². The van der Waals surface area contributed by atoms with Crippen molar-refractivity contribution in [1.82, 2.24) is 24.3 Å². The molecule has 0 aliphatic carbocycles. The van der Waals surface area contributed by atoms with Crippen molar-refractivity contribution in [1.29, 1.82) is 5.26 Å². The van der Waals surface area contributed by atoms with E-state index in [1.165, 1.54) is 0 Å². The number of fused-ring (bicyclic) bond motifs is 3. The molecule has 7 heteroatoms. The van der Waals surface area contributed by atoms with Gasteiger partial charge in [-0.05, 0) is 89.8 Å². The van der Waals surface area contributed by atoms with Crippen molar-refractivity contribution < 1.29 is 4.74 Å². The zero-order valence-corrected chi connectivity index (χ0v) is 31.5. The molecular formula is C51H34N6O. The number of hydrogen-bond donors (Lipinski definition) is 0. The van der Waals surface area contributed by atoms with Gasteiger partial charge in [-0.2, -0.15) is 5.26 Å². The average Bonchev–Trinajstić information content (AvgIpc) is 3.83. The van der Waals surface area contributed by atoms with Crippen molar-refractivity contribution in [3.8, 4) is 73.8 Å². The molecule has 7 nitrogen and oxygen atoms in total. The lowest BCUT2D eigenvalue weighted by molar-refractivity contribution is 0.483. The fourth-order valence-corrected chi connectivity index (χ4v) is 7.89. The number of nitrogens with zero attached hydrogens (tertiary/aromatic N) is 6. The molecule has 0 bridgehead atoms. The van der Waals surface area contributed by atoms with Crippen molar-refractivity contribution in [2.45, 2.75) is 6.92 Å². The molecule has 0 radical (unpaired) electrons. The summed E-state index contributed by atoms with van der Waals surface area (Å²) in [5, 5.41) is 21.3. The van der Waals surface area contributed by atoms with Crippen molar-refractivity contribution in [2.24, 2.45) is 0 Å². The van der Waals surface area contributed by atoms with Crippen LogP contribution in [0, 0.1) is 18.3 Å². The highest BCUT2D eigenvalue weighted by atomic mass is 16.5. The minimum absolute atomic E-state index is 0.600. The number of pyridine rings is 1. The summed E-state index contributed by atoms with van der Waals surface area (Å²) in [6.45, 7) is 2.00. The Morgan fingerprint density at radius 3 is 1.84 bits per heavy atom. The second-order valence-corrected chi connectivity index (χ2v) is 14.1. The third-order valence-electron chi connectivity index (χ3n) is 10.5. The van der Waals surface area contributed by atoms with Crippen LogP contribution in [0.15, 0.2) is 188 Å². The Morgan fingerprint density at radius 2 is 1.17 bits per heavy atom. The zero-order chi connectivity index (χ0) is 39.0. The van der Waals surface area contributed by atoms with Gasteiger partial charge in [0, 0.05) is 39.7 Å². The standard InChI is InChI=1S/C51H34N6O/c1-34-54-55-51(56(34)50-43(37-16-7-3-8-17-37)20-13-21-44(50)38-18-9-4-10-19-38)40-29-39(36-14-5-2-6-15-36)30-42(31-40)58-41-24-25-45-46-28-35(33-52)23-26-47(46)57(48(45)32-41)49-22-11-12-27-53-49/h2-32H,1H3. The fraction of sp³-hybridized carbons (Fsp3) is 0.0196. The van der Waals surface area contributed by atoms with Crippen LogP contribution in [0.1, 0.15) is 11.4 Å². The van der Waals surface area contributed by atoms with Gasteiger partial charge < -0.3 is 4.74 Å². The monoisotopic (exact) mass is 746 g/mol. The van der Waals surface area contributed by atoms with Crippen molar-refractivity contribution in [3.63, 3.8) is 0 Å². The number of aryl methyl sites for hydroxylation is 1. The Morgan fingerprint density at radius 1 is 0.500 bits per heavy atom. The van der Waals surface area contributed by atoms with Crippen molar-refractivity contribution in [3.05, 3.63) is 200 Å². The first kappa shape index (κ1) is 34.4. The Bertz CT molecular complexity index is 3090. The summed E-state index contributed by atoms with van der Waals surface area (Å²) < 4.78 is 11.1. The van der Waals surface area contributed by atoms with Gasteiger partial charge in [0.15, 0.2) is 5.82 Å². The van der Waals surface area contributed by atoms with Gasteiger partial charge in [-0.25, -0.2) is 4.98 Å². The van der Waals surface area contributed by atoms with E-state index in [9.17, 15) is 5.26 Å².